The van der Waals surface area contributed by atoms with E-state index in [9.17, 15) is 19.5 Å². The van der Waals surface area contributed by atoms with Gasteiger partial charge in [-0.3, -0.25) is 9.59 Å². The number of nitrogens with zero attached hydrogens (tertiary/aromatic N) is 1. The van der Waals surface area contributed by atoms with Crippen molar-refractivity contribution >= 4 is 29.7 Å². The molecule has 2 rings (SSSR count). The van der Waals surface area contributed by atoms with E-state index in [2.05, 4.69) is 10.6 Å². The number of nitrogens with one attached hydrogen (secondary N) is 2. The van der Waals surface area contributed by atoms with E-state index >= 15 is 0 Å². The highest BCUT2D eigenvalue weighted by molar-refractivity contribution is 7.98. The molecule has 202 valence electrons. The molecule has 0 aromatic heterocycles. The van der Waals surface area contributed by atoms with Crippen LogP contribution in [-0.4, -0.2) is 64.2 Å². The van der Waals surface area contributed by atoms with Crippen LogP contribution in [0.4, 0.5) is 4.79 Å². The van der Waals surface area contributed by atoms with Crippen LogP contribution >= 0.6 is 11.8 Å². The molecule has 0 aliphatic heterocycles. The van der Waals surface area contributed by atoms with E-state index in [1.165, 1.54) is 0 Å². The molecular formula is C27H43N3O5S. The Hall–Kier alpha value is -2.42. The number of para-hydroxylation sites is 1. The predicted octanol–water partition coefficient (Wildman–Crippen LogP) is 4.69. The molecule has 2 unspecified atom stereocenters. The summed E-state index contributed by atoms with van der Waals surface area (Å²) < 4.78 is 5.42. The number of benzene rings is 1. The third-order valence-electron chi connectivity index (χ3n) is 6.24. The number of thioether (sulfide) groups is 1. The largest absolute Gasteiger partial charge is 0.507 e. The maximum Gasteiger partial charge on any atom is 0.408 e. The number of amides is 3. The lowest BCUT2D eigenvalue weighted by Crippen LogP contribution is -2.57. The van der Waals surface area contributed by atoms with E-state index in [4.69, 9.17) is 4.74 Å². The molecule has 0 bridgehead atoms. The number of ether oxygens (including phenoxy) is 1. The summed E-state index contributed by atoms with van der Waals surface area (Å²) in [5.74, 6) is -0.0130. The van der Waals surface area contributed by atoms with E-state index in [1.54, 1.807) is 62.6 Å². The minimum Gasteiger partial charge on any atom is -0.507 e. The van der Waals surface area contributed by atoms with Crippen molar-refractivity contribution in [3.8, 4) is 5.75 Å². The Bertz CT molecular complexity index is 898. The molecular weight excluding hydrogens is 478 g/mol. The summed E-state index contributed by atoms with van der Waals surface area (Å²) >= 11 is 1.57. The van der Waals surface area contributed by atoms with Crippen LogP contribution in [0.5, 0.6) is 5.75 Å². The van der Waals surface area contributed by atoms with Crippen LogP contribution in [0.25, 0.3) is 0 Å². The van der Waals surface area contributed by atoms with E-state index < -0.39 is 23.8 Å². The van der Waals surface area contributed by atoms with E-state index in [0.29, 0.717) is 29.8 Å². The fourth-order valence-electron chi connectivity index (χ4n) is 4.11. The van der Waals surface area contributed by atoms with Crippen LogP contribution in [0.3, 0.4) is 0 Å². The van der Waals surface area contributed by atoms with Crippen molar-refractivity contribution in [2.45, 2.75) is 96.9 Å². The molecule has 8 nitrogen and oxygen atoms in total. The zero-order chi connectivity index (χ0) is 26.9. The van der Waals surface area contributed by atoms with Gasteiger partial charge in [0.1, 0.15) is 23.4 Å². The van der Waals surface area contributed by atoms with Gasteiger partial charge in [-0.25, -0.2) is 4.79 Å². The van der Waals surface area contributed by atoms with Crippen molar-refractivity contribution in [1.82, 2.24) is 15.5 Å². The van der Waals surface area contributed by atoms with Crippen molar-refractivity contribution < 1.29 is 24.2 Å². The number of alkyl carbamates (subject to hydrolysis) is 1. The molecule has 0 saturated heterocycles. The number of aryl methyl sites for hydroxylation is 1. The first-order valence-corrected chi connectivity index (χ1v) is 14.3. The van der Waals surface area contributed by atoms with Gasteiger partial charge >= 0.3 is 6.09 Å². The van der Waals surface area contributed by atoms with Crippen molar-refractivity contribution in [1.29, 1.82) is 0 Å². The lowest BCUT2D eigenvalue weighted by atomic mass is 9.87. The molecule has 9 heteroatoms. The van der Waals surface area contributed by atoms with Gasteiger partial charge in [0.25, 0.3) is 0 Å². The fraction of sp³-hybridized carbons (Fsp3) is 0.667. The monoisotopic (exact) mass is 521 g/mol. The summed E-state index contributed by atoms with van der Waals surface area (Å²) in [6.45, 7) is 9.59. The highest BCUT2D eigenvalue weighted by atomic mass is 32.2. The minimum absolute atomic E-state index is 0.00558. The Morgan fingerprint density at radius 1 is 1.25 bits per heavy atom. The lowest BCUT2D eigenvalue weighted by molar-refractivity contribution is -0.147. The first-order valence-electron chi connectivity index (χ1n) is 12.9. The number of hydrogen-bond donors (Lipinski definition) is 3. The van der Waals surface area contributed by atoms with Crippen molar-refractivity contribution in [2.75, 3.05) is 18.6 Å². The molecule has 1 saturated carbocycles. The van der Waals surface area contributed by atoms with Gasteiger partial charge in [-0.1, -0.05) is 31.5 Å². The number of phenols is 1. The third kappa shape index (κ3) is 8.32. The number of aromatic hydroxyl groups is 1. The average molecular weight is 522 g/mol. The number of phenolic OH excluding ortho intramolecular Hbond substituents is 1. The standard InChI is InChI=1S/C27H43N3O5S/c1-7-8-16-28-24(32)22(20-14-9-11-18(2)23(20)31)30(19-12-10-13-19)25(33)21(15-17-36-6)29-26(34)35-27(3,4)5/h9,11,14,19,21-22,31H,7-8,10,12-13,15-17H2,1-6H3,(H,28,32)(H,29,34). The molecule has 1 aliphatic carbocycles. The van der Waals surface area contributed by atoms with Crippen molar-refractivity contribution in [2.24, 2.45) is 0 Å². The third-order valence-corrected chi connectivity index (χ3v) is 6.89. The summed E-state index contributed by atoms with van der Waals surface area (Å²) in [6.07, 6.45) is 5.87. The maximum absolute atomic E-state index is 14.1. The van der Waals surface area contributed by atoms with Crippen LogP contribution in [0.2, 0.25) is 0 Å². The summed E-state index contributed by atoms with van der Waals surface area (Å²) in [5, 5.41) is 16.7. The van der Waals surface area contributed by atoms with Crippen LogP contribution in [0, 0.1) is 6.92 Å². The van der Waals surface area contributed by atoms with Gasteiger partial charge in [-0.05, 0) is 77.4 Å². The predicted molar refractivity (Wildman–Crippen MR) is 144 cm³/mol. The summed E-state index contributed by atoms with van der Waals surface area (Å²) in [4.78, 5) is 41.9. The zero-order valence-corrected chi connectivity index (χ0v) is 23.4. The molecule has 1 aromatic rings. The van der Waals surface area contributed by atoms with Gasteiger partial charge < -0.3 is 25.4 Å². The second kappa shape index (κ2) is 13.8. The second-order valence-electron chi connectivity index (χ2n) is 10.4. The van der Waals surface area contributed by atoms with Gasteiger partial charge in [-0.15, -0.1) is 0 Å². The van der Waals surface area contributed by atoms with Gasteiger partial charge in [0.05, 0.1) is 0 Å². The molecule has 3 N–H and O–H groups in total. The highest BCUT2D eigenvalue weighted by Gasteiger charge is 2.42. The Labute approximate surface area is 219 Å². The normalized spacial score (nSPS) is 15.4. The summed E-state index contributed by atoms with van der Waals surface area (Å²) in [7, 11) is 0. The van der Waals surface area contributed by atoms with Gasteiger partial charge in [0.15, 0.2) is 0 Å². The molecule has 1 aliphatic rings. The number of hydrogen-bond acceptors (Lipinski definition) is 6. The summed E-state index contributed by atoms with van der Waals surface area (Å²) in [6, 6.07) is 3.23. The number of carbonyl (C=O) groups is 3. The number of carbonyl (C=O) groups excluding carboxylic acids is 3. The SMILES string of the molecule is CCCCNC(=O)C(c1cccc(C)c1O)N(C(=O)C(CCSC)NC(=O)OC(C)(C)C)C1CCC1. The molecule has 2 atom stereocenters. The molecule has 0 radical (unpaired) electrons. The topological polar surface area (TPSA) is 108 Å². The van der Waals surface area contributed by atoms with Crippen molar-refractivity contribution in [3.05, 3.63) is 29.3 Å². The fourth-order valence-corrected chi connectivity index (χ4v) is 4.58. The molecule has 1 fully saturated rings. The lowest BCUT2D eigenvalue weighted by Gasteiger charge is -2.43. The first-order chi connectivity index (χ1) is 17.0. The van der Waals surface area contributed by atoms with Gasteiger partial charge in [-0.2, -0.15) is 11.8 Å². The Morgan fingerprint density at radius 3 is 2.50 bits per heavy atom. The zero-order valence-electron chi connectivity index (χ0n) is 22.6. The second-order valence-corrected chi connectivity index (χ2v) is 11.4. The van der Waals surface area contributed by atoms with Crippen LogP contribution < -0.4 is 10.6 Å². The summed E-state index contributed by atoms with van der Waals surface area (Å²) in [5.41, 5.74) is 0.315. The molecule has 0 heterocycles. The maximum atomic E-state index is 14.1. The van der Waals surface area contributed by atoms with Gasteiger partial charge in [0, 0.05) is 18.2 Å². The minimum atomic E-state index is -1.00. The van der Waals surface area contributed by atoms with E-state index in [-0.39, 0.29) is 23.6 Å². The molecule has 3 amide bonds. The van der Waals surface area contributed by atoms with E-state index in [0.717, 1.165) is 32.1 Å². The molecule has 0 spiro atoms. The molecule has 1 aromatic carbocycles. The first kappa shape index (κ1) is 29.8. The smallest absolute Gasteiger partial charge is 0.408 e. The van der Waals surface area contributed by atoms with E-state index in [1.807, 2.05) is 13.2 Å². The van der Waals surface area contributed by atoms with Crippen LogP contribution in [0.1, 0.15) is 83.4 Å². The molecule has 36 heavy (non-hydrogen) atoms. The Kier molecular flexibility index (Phi) is 11.4. The average Bonchev–Trinajstić information content (AvgIpc) is 2.76. The Morgan fingerprint density at radius 2 is 1.94 bits per heavy atom. The Balaban J connectivity index is 2.48. The number of unbranched alkanes of at least 4 members (excludes halogenated alkanes) is 1. The van der Waals surface area contributed by atoms with Gasteiger partial charge in [0.2, 0.25) is 11.8 Å². The quantitative estimate of drug-likeness (QED) is 0.345. The number of rotatable bonds is 12. The highest BCUT2D eigenvalue weighted by Crippen LogP contribution is 2.38. The van der Waals surface area contributed by atoms with Crippen LogP contribution in [0.15, 0.2) is 18.2 Å². The van der Waals surface area contributed by atoms with Crippen LogP contribution in [-0.2, 0) is 14.3 Å². The van der Waals surface area contributed by atoms with Crippen molar-refractivity contribution in [3.63, 3.8) is 0 Å².